The van der Waals surface area contributed by atoms with E-state index in [1.165, 1.54) is 10.4 Å². The van der Waals surface area contributed by atoms with E-state index in [1.54, 1.807) is 48.8 Å². The maximum atomic E-state index is 13.5. The van der Waals surface area contributed by atoms with Crippen LogP contribution in [0.25, 0.3) is 22.2 Å². The molecule has 1 aliphatic carbocycles. The van der Waals surface area contributed by atoms with Crippen LogP contribution < -0.4 is 5.32 Å². The van der Waals surface area contributed by atoms with Crippen molar-refractivity contribution < 1.29 is 8.42 Å². The molecule has 1 fully saturated rings. The summed E-state index contributed by atoms with van der Waals surface area (Å²) in [6, 6.07) is 15.9. The van der Waals surface area contributed by atoms with Crippen molar-refractivity contribution in [1.82, 2.24) is 13.9 Å². The number of nitrogens with zero attached hydrogens (tertiary/aromatic N) is 3. The summed E-state index contributed by atoms with van der Waals surface area (Å²) in [5, 5.41) is 4.58. The zero-order valence-electron chi connectivity index (χ0n) is 20.6. The summed E-state index contributed by atoms with van der Waals surface area (Å²) in [5.74, 6) is 1.08. The molecular formula is C28H30ClN4O2S. The molecule has 6 nitrogen and oxygen atoms in total. The molecule has 5 rings (SSSR count). The van der Waals surface area contributed by atoms with Crippen LogP contribution in [-0.4, -0.2) is 28.4 Å². The number of para-hydroxylation sites is 1. The molecule has 0 spiro atoms. The predicted octanol–water partition coefficient (Wildman–Crippen LogP) is 6.82. The fraction of sp³-hybridized carbons (Fsp3) is 0.321. The summed E-state index contributed by atoms with van der Waals surface area (Å²) < 4.78 is 28.3. The number of fused-ring (bicyclic) bond motifs is 1. The van der Waals surface area contributed by atoms with Gasteiger partial charge in [0.15, 0.2) is 0 Å². The minimum atomic E-state index is -3.81. The van der Waals surface area contributed by atoms with Gasteiger partial charge in [-0.2, -0.15) is 0 Å². The van der Waals surface area contributed by atoms with Gasteiger partial charge in [-0.3, -0.25) is 0 Å². The van der Waals surface area contributed by atoms with Gasteiger partial charge in [0, 0.05) is 23.2 Å². The number of anilines is 1. The average Bonchev–Trinajstić information content (AvgIpc) is 3.26. The lowest BCUT2D eigenvalue weighted by atomic mass is 9.71. The van der Waals surface area contributed by atoms with Gasteiger partial charge >= 0.3 is 0 Å². The van der Waals surface area contributed by atoms with Gasteiger partial charge in [0.05, 0.1) is 27.3 Å². The molecule has 36 heavy (non-hydrogen) atoms. The van der Waals surface area contributed by atoms with E-state index in [-0.39, 0.29) is 16.4 Å². The summed E-state index contributed by atoms with van der Waals surface area (Å²) in [4.78, 5) is 9.41. The monoisotopic (exact) mass is 521 g/mol. The Balaban J connectivity index is 1.54. The largest absolute Gasteiger partial charge is 0.351 e. The summed E-state index contributed by atoms with van der Waals surface area (Å²) >= 11 is 6.58. The van der Waals surface area contributed by atoms with E-state index in [1.807, 2.05) is 18.2 Å². The molecule has 2 aromatic heterocycles. The molecule has 8 heteroatoms. The second-order valence-corrected chi connectivity index (χ2v) is 12.6. The Morgan fingerprint density at radius 3 is 2.53 bits per heavy atom. The van der Waals surface area contributed by atoms with Crippen LogP contribution in [0.1, 0.15) is 40.0 Å². The van der Waals surface area contributed by atoms with Crippen molar-refractivity contribution in [3.05, 3.63) is 78.4 Å². The number of benzene rings is 2. The molecule has 2 heterocycles. The first-order valence-corrected chi connectivity index (χ1v) is 14.0. The Bertz CT molecular complexity index is 1490. The van der Waals surface area contributed by atoms with Crippen LogP contribution in [0.4, 0.5) is 5.95 Å². The SMILES string of the molecule is CC(C)(C)[C@H]1CC[CH][C@@H](Nc2ncc(Cl)c(-c3cn(S(=O)(=O)c4ccccc4)c4ccccc34)n2)C1. The molecule has 1 aliphatic rings. The van der Waals surface area contributed by atoms with Crippen molar-refractivity contribution >= 4 is 38.5 Å². The number of aromatic nitrogens is 3. The first kappa shape index (κ1) is 24.8. The van der Waals surface area contributed by atoms with Crippen molar-refractivity contribution in [2.24, 2.45) is 11.3 Å². The molecule has 0 bridgehead atoms. The average molecular weight is 522 g/mol. The minimum Gasteiger partial charge on any atom is -0.351 e. The van der Waals surface area contributed by atoms with Gasteiger partial charge in [0.1, 0.15) is 0 Å². The van der Waals surface area contributed by atoms with Gasteiger partial charge in [-0.1, -0.05) is 68.8 Å². The van der Waals surface area contributed by atoms with Crippen LogP contribution >= 0.6 is 11.6 Å². The Morgan fingerprint density at radius 1 is 1.06 bits per heavy atom. The fourth-order valence-corrected chi connectivity index (χ4v) is 6.54. The Morgan fingerprint density at radius 2 is 1.78 bits per heavy atom. The third-order valence-corrected chi connectivity index (χ3v) is 8.99. The number of hydrogen-bond acceptors (Lipinski definition) is 5. The van der Waals surface area contributed by atoms with Crippen LogP contribution in [0.3, 0.4) is 0 Å². The molecule has 187 valence electrons. The van der Waals surface area contributed by atoms with E-state index < -0.39 is 10.0 Å². The van der Waals surface area contributed by atoms with Crippen molar-refractivity contribution in [3.63, 3.8) is 0 Å². The molecule has 2 aromatic carbocycles. The molecule has 0 aliphatic heterocycles. The van der Waals surface area contributed by atoms with Crippen LogP contribution in [-0.2, 0) is 10.0 Å². The quantitative estimate of drug-likeness (QED) is 0.312. The molecule has 0 saturated heterocycles. The van der Waals surface area contributed by atoms with E-state index in [4.69, 9.17) is 16.6 Å². The molecule has 1 N–H and O–H groups in total. The minimum absolute atomic E-state index is 0.164. The van der Waals surface area contributed by atoms with Crippen LogP contribution in [0, 0.1) is 17.8 Å². The van der Waals surface area contributed by atoms with E-state index in [0.717, 1.165) is 18.2 Å². The van der Waals surface area contributed by atoms with Crippen molar-refractivity contribution in [1.29, 1.82) is 0 Å². The summed E-state index contributed by atoms with van der Waals surface area (Å²) in [6.45, 7) is 6.86. The normalized spacial score (nSPS) is 18.9. The lowest BCUT2D eigenvalue weighted by Gasteiger charge is -2.37. The van der Waals surface area contributed by atoms with E-state index in [0.29, 0.717) is 33.7 Å². The van der Waals surface area contributed by atoms with E-state index in [9.17, 15) is 8.42 Å². The molecule has 4 aromatic rings. The van der Waals surface area contributed by atoms with E-state index in [2.05, 4.69) is 37.5 Å². The van der Waals surface area contributed by atoms with Crippen molar-refractivity contribution in [2.75, 3.05) is 5.32 Å². The van der Waals surface area contributed by atoms with Gasteiger partial charge in [-0.05, 0) is 55.2 Å². The van der Waals surface area contributed by atoms with Gasteiger partial charge in [-0.15, -0.1) is 0 Å². The highest BCUT2D eigenvalue weighted by Crippen LogP contribution is 2.39. The van der Waals surface area contributed by atoms with Crippen molar-refractivity contribution in [2.45, 2.75) is 51.0 Å². The van der Waals surface area contributed by atoms with Crippen LogP contribution in [0.15, 0.2) is 71.9 Å². The summed E-state index contributed by atoms with van der Waals surface area (Å²) in [5.41, 5.74) is 1.94. The predicted molar refractivity (Wildman–Crippen MR) is 146 cm³/mol. The third-order valence-electron chi connectivity index (χ3n) is 7.02. The molecule has 0 amide bonds. The second kappa shape index (κ2) is 9.52. The number of halogens is 1. The maximum Gasteiger partial charge on any atom is 0.268 e. The Labute approximate surface area is 217 Å². The van der Waals surface area contributed by atoms with Gasteiger partial charge in [-0.25, -0.2) is 22.4 Å². The van der Waals surface area contributed by atoms with Crippen LogP contribution in [0.5, 0.6) is 0 Å². The molecule has 1 saturated carbocycles. The topological polar surface area (TPSA) is 76.9 Å². The highest BCUT2D eigenvalue weighted by Gasteiger charge is 2.31. The highest BCUT2D eigenvalue weighted by atomic mass is 35.5. The molecule has 1 radical (unpaired) electrons. The first-order valence-electron chi connectivity index (χ1n) is 12.2. The standard InChI is InChI=1S/C28H30ClN4O2S/c1-28(2,3)19-10-9-11-20(16-19)31-27-30-17-24(29)26(32-27)23-18-33(25-15-8-7-14-22(23)25)36(34,35)21-12-5-4-6-13-21/h4-8,11-15,17-20H,9-10,16H2,1-3H3,(H,30,31,32)/t19-,20+/m0/s1. The third kappa shape index (κ3) is 4.74. The highest BCUT2D eigenvalue weighted by molar-refractivity contribution is 7.90. The number of rotatable bonds is 5. The van der Waals surface area contributed by atoms with Crippen molar-refractivity contribution in [3.8, 4) is 11.3 Å². The molecule has 2 atom stereocenters. The Kier molecular flexibility index (Phi) is 6.55. The zero-order valence-corrected chi connectivity index (χ0v) is 22.2. The smallest absolute Gasteiger partial charge is 0.268 e. The summed E-state index contributed by atoms with van der Waals surface area (Å²) in [7, 11) is -3.81. The zero-order chi connectivity index (χ0) is 25.5. The second-order valence-electron chi connectivity index (χ2n) is 10.4. The number of hydrogen-bond donors (Lipinski definition) is 1. The fourth-order valence-electron chi connectivity index (χ4n) is 4.96. The summed E-state index contributed by atoms with van der Waals surface area (Å²) in [6.07, 6.45) is 8.72. The lowest BCUT2D eigenvalue weighted by molar-refractivity contribution is 0.189. The van der Waals surface area contributed by atoms with Gasteiger partial charge < -0.3 is 5.32 Å². The maximum absolute atomic E-state index is 13.5. The van der Waals surface area contributed by atoms with E-state index >= 15 is 0 Å². The van der Waals surface area contributed by atoms with Gasteiger partial charge in [0.25, 0.3) is 10.0 Å². The lowest BCUT2D eigenvalue weighted by Crippen LogP contribution is -2.34. The first-order chi connectivity index (χ1) is 17.1. The van der Waals surface area contributed by atoms with Crippen LogP contribution in [0.2, 0.25) is 5.02 Å². The molecular weight excluding hydrogens is 492 g/mol. The Hall–Kier alpha value is -2.90. The molecule has 0 unspecified atom stereocenters. The van der Waals surface area contributed by atoms with Gasteiger partial charge in [0.2, 0.25) is 5.95 Å². The number of nitrogens with one attached hydrogen (secondary N) is 1.